The summed E-state index contributed by atoms with van der Waals surface area (Å²) in [6, 6.07) is 8.20. The van der Waals surface area contributed by atoms with Crippen LogP contribution in [0.25, 0.3) is 5.69 Å². The Morgan fingerprint density at radius 2 is 2.00 bits per heavy atom. The molecule has 0 radical (unpaired) electrons. The second kappa shape index (κ2) is 7.31. The highest BCUT2D eigenvalue weighted by Gasteiger charge is 2.35. The number of nitrogens with one attached hydrogen (secondary N) is 1. The molecular weight excluding hydrogens is 316 g/mol. The number of aromatic nitrogens is 4. The number of tetrazole rings is 1. The molecule has 1 aliphatic heterocycles. The van der Waals surface area contributed by atoms with Crippen molar-refractivity contribution < 1.29 is 4.79 Å². The van der Waals surface area contributed by atoms with Crippen molar-refractivity contribution >= 4 is 11.6 Å². The van der Waals surface area contributed by atoms with E-state index in [2.05, 4.69) is 25.7 Å². The normalized spacial score (nSPS) is 22.2. The Balaban J connectivity index is 1.45. The van der Waals surface area contributed by atoms with Crippen LogP contribution in [-0.4, -0.2) is 49.6 Å². The lowest BCUT2D eigenvalue weighted by Crippen LogP contribution is -2.46. The van der Waals surface area contributed by atoms with Crippen LogP contribution >= 0.6 is 0 Å². The zero-order valence-electron chi connectivity index (χ0n) is 14.3. The van der Waals surface area contributed by atoms with Crippen molar-refractivity contribution in [1.29, 1.82) is 0 Å². The zero-order valence-corrected chi connectivity index (χ0v) is 14.3. The van der Waals surface area contributed by atoms with Crippen LogP contribution < -0.4 is 5.32 Å². The molecule has 1 aromatic carbocycles. The molecule has 132 valence electrons. The number of amides is 1. The summed E-state index contributed by atoms with van der Waals surface area (Å²) in [4.78, 5) is 15.3. The molecule has 7 heteroatoms. The van der Waals surface area contributed by atoms with Gasteiger partial charge in [0.2, 0.25) is 5.91 Å². The number of anilines is 1. The van der Waals surface area contributed by atoms with Crippen molar-refractivity contribution in [3.63, 3.8) is 0 Å². The van der Waals surface area contributed by atoms with Crippen LogP contribution in [0, 0.1) is 0 Å². The Morgan fingerprint density at radius 3 is 2.80 bits per heavy atom. The van der Waals surface area contributed by atoms with E-state index in [9.17, 15) is 4.79 Å². The fourth-order valence-electron chi connectivity index (χ4n) is 4.15. The molecule has 0 spiro atoms. The highest BCUT2D eigenvalue weighted by atomic mass is 16.2. The fraction of sp³-hybridized carbons (Fsp3) is 0.556. The molecule has 2 heterocycles. The molecule has 2 aliphatic rings. The van der Waals surface area contributed by atoms with Gasteiger partial charge in [0.25, 0.3) is 0 Å². The van der Waals surface area contributed by atoms with Crippen LogP contribution in [0.5, 0.6) is 0 Å². The van der Waals surface area contributed by atoms with E-state index in [0.29, 0.717) is 6.04 Å². The quantitative estimate of drug-likeness (QED) is 0.925. The van der Waals surface area contributed by atoms with Gasteiger partial charge < -0.3 is 5.32 Å². The Hall–Kier alpha value is -2.28. The monoisotopic (exact) mass is 340 g/mol. The molecule has 1 unspecified atom stereocenters. The van der Waals surface area contributed by atoms with Crippen LogP contribution in [0.4, 0.5) is 5.69 Å². The Labute approximate surface area is 147 Å². The standard InChI is InChI=1S/C18H24N6O/c25-18(17-10-5-11-23(17)15-7-2-1-3-8-15)20-14-6-4-9-16(12-14)24-13-19-21-22-24/h4,6,9,12-13,15,17H,1-3,5,7-8,10-11H2,(H,20,25). The topological polar surface area (TPSA) is 75.9 Å². The lowest BCUT2D eigenvalue weighted by Gasteiger charge is -2.34. The van der Waals surface area contributed by atoms with E-state index in [4.69, 9.17) is 0 Å². The van der Waals surface area contributed by atoms with Crippen LogP contribution in [0.3, 0.4) is 0 Å². The minimum Gasteiger partial charge on any atom is -0.325 e. The molecule has 1 aromatic heterocycles. The van der Waals surface area contributed by atoms with Crippen molar-refractivity contribution in [2.45, 2.75) is 57.0 Å². The molecule has 1 amide bonds. The summed E-state index contributed by atoms with van der Waals surface area (Å²) < 4.78 is 1.58. The molecular formula is C18H24N6O. The number of likely N-dealkylation sites (tertiary alicyclic amines) is 1. The summed E-state index contributed by atoms with van der Waals surface area (Å²) in [5.74, 6) is 0.108. The molecule has 1 saturated heterocycles. The average molecular weight is 340 g/mol. The van der Waals surface area contributed by atoms with E-state index < -0.39 is 0 Å². The Kier molecular flexibility index (Phi) is 4.74. The highest BCUT2D eigenvalue weighted by molar-refractivity contribution is 5.95. The third kappa shape index (κ3) is 3.56. The molecule has 7 nitrogen and oxygen atoms in total. The van der Waals surface area contributed by atoms with Crippen molar-refractivity contribution in [1.82, 2.24) is 25.1 Å². The summed E-state index contributed by atoms with van der Waals surface area (Å²) >= 11 is 0. The van der Waals surface area contributed by atoms with Gasteiger partial charge >= 0.3 is 0 Å². The van der Waals surface area contributed by atoms with Gasteiger partial charge in [-0.25, -0.2) is 4.68 Å². The summed E-state index contributed by atoms with van der Waals surface area (Å²) in [6.07, 6.45) is 10.0. The summed E-state index contributed by atoms with van der Waals surface area (Å²) in [6.45, 7) is 1.05. The molecule has 1 N–H and O–H groups in total. The maximum atomic E-state index is 12.9. The van der Waals surface area contributed by atoms with Gasteiger partial charge in [0.05, 0.1) is 11.7 Å². The van der Waals surface area contributed by atoms with Crippen molar-refractivity contribution in [2.75, 3.05) is 11.9 Å². The molecule has 0 bridgehead atoms. The van der Waals surface area contributed by atoms with Gasteiger partial charge in [-0.05, 0) is 60.9 Å². The molecule has 2 fully saturated rings. The summed E-state index contributed by atoms with van der Waals surface area (Å²) in [7, 11) is 0. The number of rotatable bonds is 4. The minimum absolute atomic E-state index is 0.000192. The van der Waals surface area contributed by atoms with E-state index in [1.807, 2.05) is 24.3 Å². The molecule has 25 heavy (non-hydrogen) atoms. The average Bonchev–Trinajstić information content (AvgIpc) is 3.34. The predicted molar refractivity (Wildman–Crippen MR) is 94.4 cm³/mol. The molecule has 1 atom stereocenters. The SMILES string of the molecule is O=C(Nc1cccc(-n2cnnn2)c1)C1CCCN1C1CCCCC1. The summed E-state index contributed by atoms with van der Waals surface area (Å²) in [5.41, 5.74) is 1.62. The zero-order chi connectivity index (χ0) is 17.1. The first-order chi connectivity index (χ1) is 12.3. The molecule has 1 aliphatic carbocycles. The van der Waals surface area contributed by atoms with Gasteiger partial charge in [0, 0.05) is 11.7 Å². The van der Waals surface area contributed by atoms with Crippen LogP contribution in [0.2, 0.25) is 0 Å². The second-order valence-electron chi connectivity index (χ2n) is 6.98. The number of carbonyl (C=O) groups is 1. The number of nitrogens with zero attached hydrogens (tertiary/aromatic N) is 5. The van der Waals surface area contributed by atoms with Crippen LogP contribution in [0.1, 0.15) is 44.9 Å². The first-order valence-electron chi connectivity index (χ1n) is 9.21. The van der Waals surface area contributed by atoms with Crippen molar-refractivity contribution in [2.24, 2.45) is 0 Å². The number of hydrogen-bond donors (Lipinski definition) is 1. The van der Waals surface area contributed by atoms with E-state index >= 15 is 0 Å². The van der Waals surface area contributed by atoms with E-state index in [0.717, 1.165) is 30.8 Å². The minimum atomic E-state index is -0.000192. The Morgan fingerprint density at radius 1 is 1.12 bits per heavy atom. The Bertz CT molecular complexity index is 710. The van der Waals surface area contributed by atoms with E-state index in [1.165, 1.54) is 32.1 Å². The highest BCUT2D eigenvalue weighted by Crippen LogP contribution is 2.29. The smallest absolute Gasteiger partial charge is 0.241 e. The van der Waals surface area contributed by atoms with Gasteiger partial charge in [0.1, 0.15) is 6.33 Å². The fourth-order valence-corrected chi connectivity index (χ4v) is 4.15. The lowest BCUT2D eigenvalue weighted by atomic mass is 9.93. The first-order valence-corrected chi connectivity index (χ1v) is 9.21. The maximum Gasteiger partial charge on any atom is 0.241 e. The third-order valence-electron chi connectivity index (χ3n) is 5.37. The largest absolute Gasteiger partial charge is 0.325 e. The van der Waals surface area contributed by atoms with Gasteiger partial charge in [0.15, 0.2) is 0 Å². The summed E-state index contributed by atoms with van der Waals surface area (Å²) in [5, 5.41) is 14.3. The van der Waals surface area contributed by atoms with E-state index in [-0.39, 0.29) is 11.9 Å². The van der Waals surface area contributed by atoms with Gasteiger partial charge in [-0.1, -0.05) is 25.3 Å². The second-order valence-corrected chi connectivity index (χ2v) is 6.98. The van der Waals surface area contributed by atoms with E-state index in [1.54, 1.807) is 11.0 Å². The maximum absolute atomic E-state index is 12.9. The lowest BCUT2D eigenvalue weighted by molar-refractivity contribution is -0.121. The number of benzene rings is 1. The molecule has 2 aromatic rings. The first kappa shape index (κ1) is 16.2. The van der Waals surface area contributed by atoms with Crippen molar-refractivity contribution in [3.8, 4) is 5.69 Å². The van der Waals surface area contributed by atoms with Gasteiger partial charge in [-0.3, -0.25) is 9.69 Å². The van der Waals surface area contributed by atoms with Crippen LogP contribution in [-0.2, 0) is 4.79 Å². The molecule has 4 rings (SSSR count). The predicted octanol–water partition coefficient (Wildman–Crippen LogP) is 2.40. The van der Waals surface area contributed by atoms with Crippen molar-refractivity contribution in [3.05, 3.63) is 30.6 Å². The van der Waals surface area contributed by atoms with Crippen LogP contribution in [0.15, 0.2) is 30.6 Å². The number of carbonyl (C=O) groups excluding carboxylic acids is 1. The van der Waals surface area contributed by atoms with Gasteiger partial charge in [-0.15, -0.1) is 5.10 Å². The third-order valence-corrected chi connectivity index (χ3v) is 5.37. The molecule has 1 saturated carbocycles. The number of hydrogen-bond acceptors (Lipinski definition) is 5. The van der Waals surface area contributed by atoms with Gasteiger partial charge in [-0.2, -0.15) is 0 Å².